The average Bonchev–Trinajstić information content (AvgIpc) is 3.03. The maximum absolute atomic E-state index is 12.8. The zero-order valence-corrected chi connectivity index (χ0v) is 13.7. The lowest BCUT2D eigenvalue weighted by atomic mass is 9.99. The van der Waals surface area contributed by atoms with E-state index in [1.807, 2.05) is 31.2 Å². The van der Waals surface area contributed by atoms with Gasteiger partial charge in [-0.1, -0.05) is 30.3 Å². The van der Waals surface area contributed by atoms with E-state index in [0.717, 1.165) is 22.5 Å². The minimum absolute atomic E-state index is 0.265. The van der Waals surface area contributed by atoms with Gasteiger partial charge in [-0.05, 0) is 29.5 Å². The molecule has 22 heavy (non-hydrogen) atoms. The van der Waals surface area contributed by atoms with Crippen molar-refractivity contribution in [3.05, 3.63) is 52.9 Å². The van der Waals surface area contributed by atoms with Crippen LogP contribution in [0.3, 0.4) is 0 Å². The zero-order valence-electron chi connectivity index (χ0n) is 12.0. The summed E-state index contributed by atoms with van der Waals surface area (Å²) in [5, 5.41) is 4.49. The molecule has 1 aliphatic rings. The molecule has 0 aliphatic carbocycles. The molecule has 1 aromatic heterocycles. The number of carbonyl (C=O) groups is 1. The topological polar surface area (TPSA) is 66.5 Å². The summed E-state index contributed by atoms with van der Waals surface area (Å²) < 4.78 is 27.3. The molecule has 1 N–H and O–H groups in total. The molecule has 1 aromatic carbocycles. The summed E-state index contributed by atoms with van der Waals surface area (Å²) in [6, 6.07) is 9.83. The molecular weight excluding hydrogens is 320 g/mol. The van der Waals surface area contributed by atoms with Crippen LogP contribution < -0.4 is 5.32 Å². The molecule has 1 atom stereocenters. The number of benzene rings is 1. The third-order valence-corrected chi connectivity index (χ3v) is 6.95. The Balaban J connectivity index is 2.09. The number of amides is 1. The summed E-state index contributed by atoms with van der Waals surface area (Å²) >= 11 is 1.16. The second kappa shape index (κ2) is 5.83. The van der Waals surface area contributed by atoms with E-state index < -0.39 is 16.1 Å². The van der Waals surface area contributed by atoms with Crippen molar-refractivity contribution in [1.82, 2.24) is 9.62 Å². The predicted octanol–water partition coefficient (Wildman–Crippen LogP) is 1.92. The second-order valence-electron chi connectivity index (χ2n) is 5.10. The lowest BCUT2D eigenvalue weighted by Gasteiger charge is -2.34. The standard InChI is InChI=1S/C15H16N2O3S2/c1-11-5-2-3-6-12(11)14-15(18)16-8-9-17(14)22(19,20)13-7-4-10-21-13/h2-7,10,14H,8-9H2,1H3,(H,16,18). The first-order valence-corrected chi connectivity index (χ1v) is 9.22. The van der Waals surface area contributed by atoms with Gasteiger partial charge in [-0.25, -0.2) is 8.42 Å². The minimum atomic E-state index is -3.67. The number of piperazine rings is 1. The Hall–Kier alpha value is -1.70. The maximum Gasteiger partial charge on any atom is 0.253 e. The van der Waals surface area contributed by atoms with Gasteiger partial charge in [0.1, 0.15) is 10.3 Å². The van der Waals surface area contributed by atoms with E-state index in [4.69, 9.17) is 0 Å². The van der Waals surface area contributed by atoms with Crippen LogP contribution in [0, 0.1) is 6.92 Å². The van der Waals surface area contributed by atoms with Crippen molar-refractivity contribution in [2.24, 2.45) is 0 Å². The van der Waals surface area contributed by atoms with Crippen LogP contribution in [0.4, 0.5) is 0 Å². The second-order valence-corrected chi connectivity index (χ2v) is 8.16. The van der Waals surface area contributed by atoms with E-state index >= 15 is 0 Å². The third kappa shape index (κ3) is 2.55. The first-order valence-electron chi connectivity index (χ1n) is 6.90. The van der Waals surface area contributed by atoms with Gasteiger partial charge in [0.05, 0.1) is 0 Å². The van der Waals surface area contributed by atoms with Gasteiger partial charge >= 0.3 is 0 Å². The largest absolute Gasteiger partial charge is 0.353 e. The van der Waals surface area contributed by atoms with Gasteiger partial charge in [0, 0.05) is 13.1 Å². The molecule has 7 heteroatoms. The number of aryl methyl sites for hydroxylation is 1. The number of rotatable bonds is 3. The smallest absolute Gasteiger partial charge is 0.253 e. The van der Waals surface area contributed by atoms with Crippen molar-refractivity contribution in [2.45, 2.75) is 17.2 Å². The van der Waals surface area contributed by atoms with Crippen LogP contribution in [-0.4, -0.2) is 31.7 Å². The Morgan fingerprint density at radius 2 is 2.00 bits per heavy atom. The molecule has 0 saturated carbocycles. The lowest BCUT2D eigenvalue weighted by Crippen LogP contribution is -2.52. The maximum atomic E-state index is 12.8. The molecule has 1 saturated heterocycles. The highest BCUT2D eigenvalue weighted by atomic mass is 32.2. The van der Waals surface area contributed by atoms with Crippen molar-refractivity contribution in [3.63, 3.8) is 0 Å². The van der Waals surface area contributed by atoms with Crippen molar-refractivity contribution < 1.29 is 13.2 Å². The summed E-state index contributed by atoms with van der Waals surface area (Å²) in [4.78, 5) is 12.4. The Bertz CT molecular complexity index is 785. The van der Waals surface area contributed by atoms with Gasteiger partial charge in [-0.2, -0.15) is 4.31 Å². The number of nitrogens with zero attached hydrogens (tertiary/aromatic N) is 1. The van der Waals surface area contributed by atoms with Crippen molar-refractivity contribution in [3.8, 4) is 0 Å². The molecule has 0 radical (unpaired) electrons. The fraction of sp³-hybridized carbons (Fsp3) is 0.267. The van der Waals surface area contributed by atoms with Crippen LogP contribution in [0.5, 0.6) is 0 Å². The van der Waals surface area contributed by atoms with Crippen LogP contribution in [0.25, 0.3) is 0 Å². The van der Waals surface area contributed by atoms with Gasteiger partial charge in [-0.3, -0.25) is 4.79 Å². The van der Waals surface area contributed by atoms with Gasteiger partial charge in [-0.15, -0.1) is 11.3 Å². The highest BCUT2D eigenvalue weighted by Crippen LogP contribution is 2.32. The van der Waals surface area contributed by atoms with E-state index in [2.05, 4.69) is 5.32 Å². The third-order valence-electron chi connectivity index (χ3n) is 3.71. The Morgan fingerprint density at radius 3 is 2.68 bits per heavy atom. The average molecular weight is 336 g/mol. The molecule has 1 aliphatic heterocycles. The molecule has 116 valence electrons. The first-order chi connectivity index (χ1) is 10.5. The molecule has 1 unspecified atom stereocenters. The summed E-state index contributed by atoms with van der Waals surface area (Å²) in [6.45, 7) is 2.48. The number of carbonyl (C=O) groups excluding carboxylic acids is 1. The van der Waals surface area contributed by atoms with Gasteiger partial charge < -0.3 is 5.32 Å². The van der Waals surface area contributed by atoms with Crippen LogP contribution in [0.2, 0.25) is 0 Å². The Labute approximate surface area is 133 Å². The summed E-state index contributed by atoms with van der Waals surface area (Å²) in [6.07, 6.45) is 0. The molecule has 5 nitrogen and oxygen atoms in total. The Morgan fingerprint density at radius 1 is 1.23 bits per heavy atom. The first kappa shape index (κ1) is 15.2. The molecule has 1 fully saturated rings. The summed E-state index contributed by atoms with van der Waals surface area (Å²) in [5.41, 5.74) is 1.62. The molecule has 2 heterocycles. The molecule has 0 spiro atoms. The van der Waals surface area contributed by atoms with E-state index in [-0.39, 0.29) is 16.7 Å². The monoisotopic (exact) mass is 336 g/mol. The fourth-order valence-electron chi connectivity index (χ4n) is 2.62. The minimum Gasteiger partial charge on any atom is -0.353 e. The number of thiophene rings is 1. The van der Waals surface area contributed by atoms with E-state index in [0.29, 0.717) is 6.54 Å². The number of sulfonamides is 1. The van der Waals surface area contributed by atoms with E-state index in [9.17, 15) is 13.2 Å². The normalized spacial score (nSPS) is 19.9. The quantitative estimate of drug-likeness (QED) is 0.931. The highest BCUT2D eigenvalue weighted by molar-refractivity contribution is 7.91. The number of hydrogen-bond acceptors (Lipinski definition) is 4. The summed E-state index contributed by atoms with van der Waals surface area (Å²) in [5.74, 6) is -0.277. The molecule has 1 amide bonds. The van der Waals surface area contributed by atoms with Crippen molar-refractivity contribution in [2.75, 3.05) is 13.1 Å². The lowest BCUT2D eigenvalue weighted by molar-refractivity contribution is -0.126. The van der Waals surface area contributed by atoms with E-state index in [1.54, 1.807) is 17.5 Å². The molecule has 2 aromatic rings. The Kier molecular flexibility index (Phi) is 4.03. The predicted molar refractivity (Wildman–Crippen MR) is 85.1 cm³/mol. The molecule has 3 rings (SSSR count). The molecular formula is C15H16N2O3S2. The fourth-order valence-corrected chi connectivity index (χ4v) is 5.31. The van der Waals surface area contributed by atoms with Crippen LogP contribution in [0.15, 0.2) is 46.0 Å². The van der Waals surface area contributed by atoms with Gasteiger partial charge in [0.25, 0.3) is 10.0 Å². The zero-order chi connectivity index (χ0) is 15.7. The van der Waals surface area contributed by atoms with Crippen LogP contribution >= 0.6 is 11.3 Å². The van der Waals surface area contributed by atoms with Gasteiger partial charge in [0.2, 0.25) is 5.91 Å². The van der Waals surface area contributed by atoms with Crippen molar-refractivity contribution in [1.29, 1.82) is 0 Å². The highest BCUT2D eigenvalue weighted by Gasteiger charge is 2.40. The van der Waals surface area contributed by atoms with Crippen LogP contribution in [0.1, 0.15) is 17.2 Å². The summed E-state index contributed by atoms with van der Waals surface area (Å²) in [7, 11) is -3.67. The number of nitrogens with one attached hydrogen (secondary N) is 1. The SMILES string of the molecule is Cc1ccccc1C1C(=O)NCCN1S(=O)(=O)c1cccs1. The number of hydrogen-bond donors (Lipinski definition) is 1. The molecule has 0 bridgehead atoms. The van der Waals surface area contributed by atoms with Crippen LogP contribution in [-0.2, 0) is 14.8 Å². The van der Waals surface area contributed by atoms with Crippen molar-refractivity contribution >= 4 is 27.3 Å². The van der Waals surface area contributed by atoms with Gasteiger partial charge in [0.15, 0.2) is 0 Å². The van der Waals surface area contributed by atoms with E-state index in [1.165, 1.54) is 4.31 Å².